The number of methoxy groups -OCH3 is 1. The van der Waals surface area contributed by atoms with Gasteiger partial charge < -0.3 is 9.72 Å². The predicted molar refractivity (Wildman–Crippen MR) is 111 cm³/mol. The Morgan fingerprint density at radius 2 is 1.96 bits per heavy atom. The van der Waals surface area contributed by atoms with Gasteiger partial charge in [0.05, 0.1) is 29.3 Å². The number of aryl methyl sites for hydroxylation is 1. The third-order valence-corrected chi connectivity index (χ3v) is 4.70. The monoisotopic (exact) mass is 391 g/mol. The maximum Gasteiger partial charge on any atom is 0.302 e. The molecule has 0 saturated carbocycles. The molecule has 140 valence electrons. The number of hydrogen-bond acceptors (Lipinski definition) is 4. The third-order valence-electron chi connectivity index (χ3n) is 4.39. The van der Waals surface area contributed by atoms with E-state index in [9.17, 15) is 10.1 Å². The summed E-state index contributed by atoms with van der Waals surface area (Å²) in [7, 11) is 1.35. The first-order chi connectivity index (χ1) is 13.5. The molecule has 0 bridgehead atoms. The van der Waals surface area contributed by atoms with Crippen LogP contribution in [0.15, 0.2) is 48.7 Å². The number of ether oxygens (including phenoxy) is 1. The van der Waals surface area contributed by atoms with Crippen LogP contribution in [0.3, 0.4) is 0 Å². The fraction of sp³-hybridized carbons (Fsp3) is 0.136. The summed E-state index contributed by atoms with van der Waals surface area (Å²) in [6.07, 6.45) is 1.77. The van der Waals surface area contributed by atoms with Gasteiger partial charge in [-0.25, -0.2) is 0 Å². The molecule has 0 aliphatic carbocycles. The van der Waals surface area contributed by atoms with Crippen molar-refractivity contribution in [3.05, 3.63) is 64.9 Å². The normalized spacial score (nSPS) is 10.2. The van der Waals surface area contributed by atoms with Gasteiger partial charge in [0.2, 0.25) is 0 Å². The molecule has 28 heavy (non-hydrogen) atoms. The zero-order chi connectivity index (χ0) is 20.3. The van der Waals surface area contributed by atoms with E-state index in [-0.39, 0.29) is 5.97 Å². The molecule has 6 heteroatoms. The van der Waals surface area contributed by atoms with E-state index >= 15 is 0 Å². The molecule has 0 unspecified atom stereocenters. The molecule has 0 aliphatic rings. The van der Waals surface area contributed by atoms with Crippen molar-refractivity contribution in [3.63, 3.8) is 0 Å². The highest BCUT2D eigenvalue weighted by atomic mass is 35.5. The largest absolute Gasteiger partial charge is 0.469 e. The van der Waals surface area contributed by atoms with Crippen LogP contribution < -0.4 is 0 Å². The second-order valence-corrected chi connectivity index (χ2v) is 6.59. The van der Waals surface area contributed by atoms with Gasteiger partial charge in [-0.1, -0.05) is 23.7 Å². The average molecular weight is 392 g/mol. The number of halogens is 1. The van der Waals surface area contributed by atoms with Crippen LogP contribution >= 0.6 is 11.6 Å². The Bertz CT molecular complexity index is 1220. The number of nitrogens with one attached hydrogen (secondary N) is 1. The minimum Gasteiger partial charge on any atom is -0.469 e. The number of hydrogen-bond donors (Lipinski definition) is 1. The van der Waals surface area contributed by atoms with Crippen LogP contribution in [0, 0.1) is 18.3 Å². The van der Waals surface area contributed by atoms with Crippen molar-refractivity contribution in [1.29, 1.82) is 5.26 Å². The maximum atomic E-state index is 9.59. The van der Waals surface area contributed by atoms with Gasteiger partial charge in [-0.2, -0.15) is 5.26 Å². The first-order valence-electron chi connectivity index (χ1n) is 8.56. The Hall–Kier alpha value is -3.36. The van der Waals surface area contributed by atoms with E-state index in [1.165, 1.54) is 14.0 Å². The van der Waals surface area contributed by atoms with Gasteiger partial charge in [-0.05, 0) is 42.8 Å². The lowest BCUT2D eigenvalue weighted by molar-refractivity contribution is -0.137. The van der Waals surface area contributed by atoms with Crippen LogP contribution in [0.5, 0.6) is 0 Å². The van der Waals surface area contributed by atoms with Crippen LogP contribution in [-0.2, 0) is 9.53 Å². The van der Waals surface area contributed by atoms with Gasteiger partial charge in [-0.3, -0.25) is 9.78 Å². The number of aromatic amines is 1. The molecule has 2 aromatic carbocycles. The Morgan fingerprint density at radius 3 is 2.64 bits per heavy atom. The van der Waals surface area contributed by atoms with E-state index in [1.807, 2.05) is 49.4 Å². The highest BCUT2D eigenvalue weighted by Crippen LogP contribution is 2.37. The van der Waals surface area contributed by atoms with Crippen LogP contribution in [0.2, 0.25) is 5.02 Å². The highest BCUT2D eigenvalue weighted by Gasteiger charge is 2.14. The number of benzene rings is 2. The number of fused-ring (bicyclic) bond motifs is 2. The number of carbonyl (C=O) groups is 1. The van der Waals surface area contributed by atoms with Crippen LogP contribution in [0.1, 0.15) is 18.2 Å². The summed E-state index contributed by atoms with van der Waals surface area (Å²) in [4.78, 5) is 17.4. The Kier molecular flexibility index (Phi) is 5.62. The van der Waals surface area contributed by atoms with Crippen molar-refractivity contribution in [2.75, 3.05) is 7.11 Å². The standard InChI is InChI=1S/C19H12ClN3.C3H6O2/c1-11-18(15-9-12(10-21)5-6-17(15)23-11)13-7-8-22-19-14(13)3-2-4-16(19)20;1-3(4)5-2/h2-9,23H,1H3;1-2H3. The second kappa shape index (κ2) is 8.12. The van der Waals surface area contributed by atoms with E-state index in [1.54, 1.807) is 6.20 Å². The number of para-hydroxylation sites is 1. The topological polar surface area (TPSA) is 78.8 Å². The van der Waals surface area contributed by atoms with E-state index in [0.29, 0.717) is 10.6 Å². The van der Waals surface area contributed by atoms with Gasteiger partial charge in [0.25, 0.3) is 0 Å². The molecular formula is C22H18ClN3O2. The van der Waals surface area contributed by atoms with Crippen molar-refractivity contribution in [3.8, 4) is 17.2 Å². The molecule has 0 aliphatic heterocycles. The lowest BCUT2D eigenvalue weighted by Gasteiger charge is -2.08. The van der Waals surface area contributed by atoms with E-state index in [2.05, 4.69) is 20.8 Å². The summed E-state index contributed by atoms with van der Waals surface area (Å²) in [6, 6.07) is 15.7. The number of nitrogens with zero attached hydrogens (tertiary/aromatic N) is 2. The SMILES string of the molecule is COC(C)=O.Cc1[nH]c2ccc(C#N)cc2c1-c1ccnc2c(Cl)cccc12. The van der Waals surface area contributed by atoms with Crippen LogP contribution in [-0.4, -0.2) is 23.0 Å². The number of carbonyl (C=O) groups excluding carboxylic acids is 1. The number of H-pyrrole nitrogens is 1. The minimum absolute atomic E-state index is 0.245. The molecule has 0 atom stereocenters. The van der Waals surface area contributed by atoms with E-state index in [4.69, 9.17) is 11.6 Å². The fourth-order valence-corrected chi connectivity index (χ4v) is 3.32. The van der Waals surface area contributed by atoms with Crippen LogP contribution in [0.4, 0.5) is 0 Å². The number of rotatable bonds is 1. The Labute approximate surface area is 167 Å². The number of aromatic nitrogens is 2. The molecule has 0 saturated heterocycles. The quantitative estimate of drug-likeness (QED) is 0.441. The van der Waals surface area contributed by atoms with Crippen molar-refractivity contribution in [1.82, 2.24) is 9.97 Å². The van der Waals surface area contributed by atoms with Gasteiger partial charge in [0, 0.05) is 40.7 Å². The molecule has 2 aromatic heterocycles. The molecule has 0 amide bonds. The fourth-order valence-electron chi connectivity index (χ4n) is 3.10. The molecule has 2 heterocycles. The van der Waals surface area contributed by atoms with E-state index < -0.39 is 0 Å². The lowest BCUT2D eigenvalue weighted by Crippen LogP contribution is -1.88. The number of esters is 1. The van der Waals surface area contributed by atoms with E-state index in [0.717, 1.165) is 38.6 Å². The molecule has 1 N–H and O–H groups in total. The molecule has 0 fully saturated rings. The summed E-state index contributed by atoms with van der Waals surface area (Å²) < 4.78 is 4.11. The minimum atomic E-state index is -0.245. The van der Waals surface area contributed by atoms with Crippen molar-refractivity contribution in [2.24, 2.45) is 0 Å². The second-order valence-electron chi connectivity index (χ2n) is 6.19. The van der Waals surface area contributed by atoms with Gasteiger partial charge >= 0.3 is 5.97 Å². The average Bonchev–Trinajstić information content (AvgIpc) is 3.03. The summed E-state index contributed by atoms with van der Waals surface area (Å²) >= 11 is 6.28. The molecule has 4 aromatic rings. The molecular weight excluding hydrogens is 374 g/mol. The van der Waals surface area contributed by atoms with Gasteiger partial charge in [-0.15, -0.1) is 0 Å². The molecule has 5 nitrogen and oxygen atoms in total. The first kappa shape index (κ1) is 19.4. The number of pyridine rings is 1. The summed E-state index contributed by atoms with van der Waals surface area (Å²) in [5.74, 6) is -0.245. The van der Waals surface area contributed by atoms with Crippen LogP contribution in [0.25, 0.3) is 32.9 Å². The van der Waals surface area contributed by atoms with Gasteiger partial charge in [0.15, 0.2) is 0 Å². The Balaban J connectivity index is 0.000000403. The number of nitriles is 1. The smallest absolute Gasteiger partial charge is 0.302 e. The Morgan fingerprint density at radius 1 is 1.21 bits per heavy atom. The summed E-state index contributed by atoms with van der Waals surface area (Å²) in [5, 5.41) is 11.9. The molecule has 0 spiro atoms. The molecule has 0 radical (unpaired) electrons. The van der Waals surface area contributed by atoms with Crippen molar-refractivity contribution < 1.29 is 9.53 Å². The summed E-state index contributed by atoms with van der Waals surface area (Å²) in [6.45, 7) is 3.40. The summed E-state index contributed by atoms with van der Waals surface area (Å²) in [5.41, 5.74) is 5.67. The highest BCUT2D eigenvalue weighted by molar-refractivity contribution is 6.35. The zero-order valence-electron chi connectivity index (χ0n) is 15.7. The maximum absolute atomic E-state index is 9.59. The first-order valence-corrected chi connectivity index (χ1v) is 8.94. The van der Waals surface area contributed by atoms with Gasteiger partial charge in [0.1, 0.15) is 0 Å². The zero-order valence-corrected chi connectivity index (χ0v) is 16.5. The van der Waals surface area contributed by atoms with Crippen molar-refractivity contribution in [2.45, 2.75) is 13.8 Å². The third kappa shape index (κ3) is 3.68. The lowest BCUT2D eigenvalue weighted by atomic mass is 9.98. The molecule has 4 rings (SSSR count). The van der Waals surface area contributed by atoms with Crippen molar-refractivity contribution >= 4 is 39.4 Å². The predicted octanol–water partition coefficient (Wildman–Crippen LogP) is 5.40.